The summed E-state index contributed by atoms with van der Waals surface area (Å²) in [6, 6.07) is -1.06. The van der Waals surface area contributed by atoms with E-state index in [1.54, 1.807) is 6.92 Å². The molecule has 1 fully saturated rings. The zero-order valence-corrected chi connectivity index (χ0v) is 10.0. The Hall–Kier alpha value is -1.63. The number of amides is 3. The Bertz CT molecular complexity index is 309. The molecule has 3 amide bonds. The predicted molar refractivity (Wildman–Crippen MR) is 61.1 cm³/mol. The summed E-state index contributed by atoms with van der Waals surface area (Å²) in [7, 11) is 0. The van der Waals surface area contributed by atoms with Gasteiger partial charge in [0.05, 0.1) is 6.54 Å². The molecule has 1 rings (SSSR count). The first-order valence-corrected chi connectivity index (χ1v) is 5.62. The fourth-order valence-corrected chi connectivity index (χ4v) is 1.46. The lowest BCUT2D eigenvalue weighted by Crippen LogP contribution is -2.60. The largest absolute Gasteiger partial charge is 0.355 e. The van der Waals surface area contributed by atoms with Gasteiger partial charge in [0, 0.05) is 13.1 Å². The summed E-state index contributed by atoms with van der Waals surface area (Å²) in [6.07, 6.45) is 0. The summed E-state index contributed by atoms with van der Waals surface area (Å²) >= 11 is 0. The van der Waals surface area contributed by atoms with Gasteiger partial charge in [-0.1, -0.05) is 0 Å². The highest BCUT2D eigenvalue weighted by Crippen LogP contribution is 1.91. The summed E-state index contributed by atoms with van der Waals surface area (Å²) in [5, 5.41) is 10.6. The Kier molecular flexibility index (Phi) is 4.89. The van der Waals surface area contributed by atoms with Crippen LogP contribution in [0.4, 0.5) is 0 Å². The molecular formula is C10H18N4O3. The molecule has 96 valence electrons. The maximum Gasteiger partial charge on any atom is 0.242 e. The number of nitrogens with one attached hydrogen (secondary N) is 4. The summed E-state index contributed by atoms with van der Waals surface area (Å²) in [4.78, 5) is 34.0. The molecule has 1 saturated heterocycles. The molecule has 1 aliphatic heterocycles. The van der Waals surface area contributed by atoms with Gasteiger partial charge >= 0.3 is 0 Å². The number of hydrogen-bond donors (Lipinski definition) is 4. The highest BCUT2D eigenvalue weighted by atomic mass is 16.2. The van der Waals surface area contributed by atoms with Crippen molar-refractivity contribution in [3.63, 3.8) is 0 Å². The molecule has 0 aromatic rings. The average Bonchev–Trinajstić information content (AvgIpc) is 2.30. The minimum absolute atomic E-state index is 0.119. The average molecular weight is 242 g/mol. The third-order valence-corrected chi connectivity index (χ3v) is 2.43. The van der Waals surface area contributed by atoms with Crippen LogP contribution in [0.25, 0.3) is 0 Å². The second-order valence-corrected chi connectivity index (χ2v) is 3.86. The van der Waals surface area contributed by atoms with E-state index in [0.29, 0.717) is 6.54 Å². The van der Waals surface area contributed by atoms with Crippen molar-refractivity contribution in [2.45, 2.75) is 25.9 Å². The van der Waals surface area contributed by atoms with E-state index in [9.17, 15) is 14.4 Å². The van der Waals surface area contributed by atoms with E-state index >= 15 is 0 Å². The van der Waals surface area contributed by atoms with Crippen molar-refractivity contribution in [3.8, 4) is 0 Å². The number of piperazine rings is 1. The Balaban J connectivity index is 2.38. The minimum Gasteiger partial charge on any atom is -0.355 e. The van der Waals surface area contributed by atoms with E-state index in [-0.39, 0.29) is 30.8 Å². The van der Waals surface area contributed by atoms with E-state index in [2.05, 4.69) is 21.3 Å². The molecule has 0 saturated carbocycles. The lowest BCUT2D eigenvalue weighted by Gasteiger charge is -2.24. The second kappa shape index (κ2) is 6.19. The number of carbonyl (C=O) groups excluding carboxylic acids is 3. The summed E-state index contributed by atoms with van der Waals surface area (Å²) < 4.78 is 0. The van der Waals surface area contributed by atoms with Crippen LogP contribution in [0.1, 0.15) is 13.8 Å². The topological polar surface area (TPSA) is 99.3 Å². The van der Waals surface area contributed by atoms with Crippen LogP contribution in [0.2, 0.25) is 0 Å². The minimum atomic E-state index is -0.582. The smallest absolute Gasteiger partial charge is 0.242 e. The first-order chi connectivity index (χ1) is 8.04. The van der Waals surface area contributed by atoms with Crippen LogP contribution in [-0.2, 0) is 14.4 Å². The third kappa shape index (κ3) is 4.03. The van der Waals surface area contributed by atoms with E-state index in [1.165, 1.54) is 0 Å². The van der Waals surface area contributed by atoms with E-state index in [1.807, 2.05) is 6.92 Å². The lowest BCUT2D eigenvalue weighted by molar-refractivity contribution is -0.131. The van der Waals surface area contributed by atoms with Crippen LogP contribution < -0.4 is 21.3 Å². The number of carbonyl (C=O) groups is 3. The van der Waals surface area contributed by atoms with Crippen molar-refractivity contribution in [2.75, 3.05) is 19.6 Å². The van der Waals surface area contributed by atoms with Crippen LogP contribution in [-0.4, -0.2) is 49.4 Å². The second-order valence-electron chi connectivity index (χ2n) is 3.86. The van der Waals surface area contributed by atoms with Gasteiger partial charge in [-0.15, -0.1) is 0 Å². The molecule has 0 radical (unpaired) electrons. The van der Waals surface area contributed by atoms with Gasteiger partial charge in [0.15, 0.2) is 0 Å². The SMILES string of the molecule is CCNC(=O)C(C)NC(=O)C1CNC(=O)CN1. The Labute approximate surface area is 99.7 Å². The molecule has 0 aromatic heterocycles. The van der Waals surface area contributed by atoms with Crippen molar-refractivity contribution >= 4 is 17.7 Å². The summed E-state index contributed by atoms with van der Waals surface area (Å²) in [6.45, 7) is 4.31. The Morgan fingerprint density at radius 1 is 1.53 bits per heavy atom. The van der Waals surface area contributed by atoms with Crippen molar-refractivity contribution in [2.24, 2.45) is 0 Å². The Morgan fingerprint density at radius 2 is 2.24 bits per heavy atom. The van der Waals surface area contributed by atoms with Gasteiger partial charge in [0.25, 0.3) is 0 Å². The Morgan fingerprint density at radius 3 is 2.76 bits per heavy atom. The zero-order valence-electron chi connectivity index (χ0n) is 10.0. The maximum absolute atomic E-state index is 11.7. The molecule has 17 heavy (non-hydrogen) atoms. The monoisotopic (exact) mass is 242 g/mol. The molecule has 2 unspecified atom stereocenters. The zero-order chi connectivity index (χ0) is 12.8. The quantitative estimate of drug-likeness (QED) is 0.446. The third-order valence-electron chi connectivity index (χ3n) is 2.43. The van der Waals surface area contributed by atoms with Crippen LogP contribution in [0.15, 0.2) is 0 Å². The number of rotatable bonds is 4. The molecular weight excluding hydrogens is 224 g/mol. The van der Waals surface area contributed by atoms with Gasteiger partial charge in [-0.3, -0.25) is 19.7 Å². The molecule has 7 nitrogen and oxygen atoms in total. The molecule has 4 N–H and O–H groups in total. The van der Waals surface area contributed by atoms with E-state index in [0.717, 1.165) is 0 Å². The molecule has 0 spiro atoms. The van der Waals surface area contributed by atoms with Crippen LogP contribution >= 0.6 is 0 Å². The molecule has 1 heterocycles. The molecule has 0 bridgehead atoms. The number of likely N-dealkylation sites (N-methyl/N-ethyl adjacent to an activating group) is 1. The van der Waals surface area contributed by atoms with Gasteiger partial charge < -0.3 is 16.0 Å². The fraction of sp³-hybridized carbons (Fsp3) is 0.700. The standard InChI is InChI=1S/C10H18N4O3/c1-3-11-9(16)6(2)14-10(17)7-4-13-8(15)5-12-7/h6-7,12H,3-5H2,1-2H3,(H,11,16)(H,13,15)(H,14,17). The van der Waals surface area contributed by atoms with Crippen LogP contribution in [0, 0.1) is 0 Å². The highest BCUT2D eigenvalue weighted by molar-refractivity contribution is 5.91. The molecule has 1 aliphatic rings. The van der Waals surface area contributed by atoms with Gasteiger partial charge in [0.1, 0.15) is 12.1 Å². The van der Waals surface area contributed by atoms with E-state index in [4.69, 9.17) is 0 Å². The summed E-state index contributed by atoms with van der Waals surface area (Å²) in [5.41, 5.74) is 0. The summed E-state index contributed by atoms with van der Waals surface area (Å²) in [5.74, 6) is -0.643. The first kappa shape index (κ1) is 13.4. The predicted octanol–water partition coefficient (Wildman–Crippen LogP) is -2.28. The van der Waals surface area contributed by atoms with Gasteiger partial charge in [-0.2, -0.15) is 0 Å². The van der Waals surface area contributed by atoms with Gasteiger partial charge in [-0.25, -0.2) is 0 Å². The van der Waals surface area contributed by atoms with E-state index < -0.39 is 12.1 Å². The van der Waals surface area contributed by atoms with Gasteiger partial charge in [-0.05, 0) is 13.8 Å². The highest BCUT2D eigenvalue weighted by Gasteiger charge is 2.25. The van der Waals surface area contributed by atoms with Crippen molar-refractivity contribution in [1.29, 1.82) is 0 Å². The molecule has 7 heteroatoms. The first-order valence-electron chi connectivity index (χ1n) is 5.62. The maximum atomic E-state index is 11.7. The lowest BCUT2D eigenvalue weighted by atomic mass is 10.2. The van der Waals surface area contributed by atoms with Gasteiger partial charge in [0.2, 0.25) is 17.7 Å². The van der Waals surface area contributed by atoms with Crippen LogP contribution in [0.5, 0.6) is 0 Å². The van der Waals surface area contributed by atoms with Crippen molar-refractivity contribution < 1.29 is 14.4 Å². The molecule has 0 aliphatic carbocycles. The van der Waals surface area contributed by atoms with Crippen molar-refractivity contribution in [3.05, 3.63) is 0 Å². The number of hydrogen-bond acceptors (Lipinski definition) is 4. The fourth-order valence-electron chi connectivity index (χ4n) is 1.46. The molecule has 0 aromatic carbocycles. The van der Waals surface area contributed by atoms with Crippen LogP contribution in [0.3, 0.4) is 0 Å². The molecule has 2 atom stereocenters. The van der Waals surface area contributed by atoms with Crippen molar-refractivity contribution in [1.82, 2.24) is 21.3 Å². The normalized spacial score (nSPS) is 21.3.